The van der Waals surface area contributed by atoms with E-state index in [1.165, 1.54) is 12.8 Å². The third-order valence-corrected chi connectivity index (χ3v) is 2.82. The molecule has 1 fully saturated rings. The largest absolute Gasteiger partial charge is 0.357 e. The highest BCUT2D eigenvalue weighted by Crippen LogP contribution is 2.30. The predicted molar refractivity (Wildman–Crippen MR) is 59.9 cm³/mol. The molecule has 1 aliphatic carbocycles. The Hall–Kier alpha value is -0.760. The second-order valence-electron chi connectivity index (χ2n) is 3.82. The van der Waals surface area contributed by atoms with Crippen LogP contribution in [-0.4, -0.2) is 18.1 Å². The minimum Gasteiger partial charge on any atom is -0.357 e. The lowest BCUT2D eigenvalue weighted by molar-refractivity contribution is 0.732. The van der Waals surface area contributed by atoms with Gasteiger partial charge in [0, 0.05) is 19.3 Å². The molecule has 1 saturated carbocycles. The minimum absolute atomic E-state index is 0.705. The molecule has 0 aliphatic heterocycles. The van der Waals surface area contributed by atoms with Crippen molar-refractivity contribution >= 4 is 17.4 Å². The van der Waals surface area contributed by atoms with Crippen LogP contribution in [0.15, 0.2) is 18.3 Å². The van der Waals surface area contributed by atoms with E-state index in [1.54, 1.807) is 6.20 Å². The number of halogens is 1. The van der Waals surface area contributed by atoms with Crippen molar-refractivity contribution in [3.8, 4) is 0 Å². The zero-order valence-electron chi connectivity index (χ0n) is 8.41. The van der Waals surface area contributed by atoms with E-state index in [1.807, 2.05) is 12.1 Å². The highest BCUT2D eigenvalue weighted by molar-refractivity contribution is 6.30. The van der Waals surface area contributed by atoms with Crippen molar-refractivity contribution in [1.82, 2.24) is 4.98 Å². The first kappa shape index (κ1) is 9.78. The molecule has 0 spiro atoms. The molecule has 3 heteroatoms. The fourth-order valence-corrected chi connectivity index (χ4v) is 1.66. The van der Waals surface area contributed by atoms with Crippen LogP contribution >= 0.6 is 11.6 Å². The number of nitrogens with zero attached hydrogens (tertiary/aromatic N) is 2. The summed E-state index contributed by atoms with van der Waals surface area (Å²) in [5.74, 6) is 1.94. The molecule has 0 aromatic carbocycles. The molecule has 1 aromatic heterocycles. The molecule has 0 bridgehead atoms. The van der Waals surface area contributed by atoms with E-state index in [2.05, 4.69) is 16.8 Å². The maximum absolute atomic E-state index is 5.80. The minimum atomic E-state index is 0.705. The summed E-state index contributed by atoms with van der Waals surface area (Å²) in [4.78, 5) is 6.64. The molecule has 2 rings (SSSR count). The van der Waals surface area contributed by atoms with E-state index in [-0.39, 0.29) is 0 Å². The molecule has 1 aromatic rings. The lowest BCUT2D eigenvalue weighted by Gasteiger charge is -2.21. The van der Waals surface area contributed by atoms with Gasteiger partial charge in [0.2, 0.25) is 0 Å². The van der Waals surface area contributed by atoms with Gasteiger partial charge < -0.3 is 4.90 Å². The summed E-state index contributed by atoms with van der Waals surface area (Å²) >= 11 is 5.80. The molecule has 0 atom stereocenters. The molecule has 14 heavy (non-hydrogen) atoms. The molecule has 0 saturated heterocycles. The van der Waals surface area contributed by atoms with Crippen molar-refractivity contribution in [2.45, 2.75) is 19.8 Å². The molecular formula is C11H15ClN2. The fraction of sp³-hybridized carbons (Fsp3) is 0.545. The molecular weight excluding hydrogens is 196 g/mol. The Morgan fingerprint density at radius 2 is 2.29 bits per heavy atom. The quantitative estimate of drug-likeness (QED) is 0.760. The predicted octanol–water partition coefficient (Wildman–Crippen LogP) is 2.97. The van der Waals surface area contributed by atoms with Gasteiger partial charge in [0.1, 0.15) is 5.82 Å². The first-order chi connectivity index (χ1) is 6.79. The van der Waals surface area contributed by atoms with E-state index in [9.17, 15) is 0 Å². The van der Waals surface area contributed by atoms with Gasteiger partial charge in [-0.2, -0.15) is 0 Å². The molecule has 2 nitrogen and oxygen atoms in total. The Balaban J connectivity index is 2.05. The van der Waals surface area contributed by atoms with Crippen LogP contribution in [0.1, 0.15) is 19.8 Å². The molecule has 0 N–H and O–H groups in total. The average molecular weight is 211 g/mol. The fourth-order valence-electron chi connectivity index (χ4n) is 1.55. The Morgan fingerprint density at radius 1 is 1.50 bits per heavy atom. The van der Waals surface area contributed by atoms with Crippen molar-refractivity contribution in [1.29, 1.82) is 0 Å². The SMILES string of the molecule is CCN(CC1CC1)c1ccc(Cl)cn1. The van der Waals surface area contributed by atoms with E-state index < -0.39 is 0 Å². The van der Waals surface area contributed by atoms with Crippen molar-refractivity contribution < 1.29 is 0 Å². The van der Waals surface area contributed by atoms with Crippen LogP contribution in [0.2, 0.25) is 5.02 Å². The van der Waals surface area contributed by atoms with Gasteiger partial charge in [-0.1, -0.05) is 11.6 Å². The Bertz CT molecular complexity index is 293. The van der Waals surface area contributed by atoms with E-state index in [0.29, 0.717) is 5.02 Å². The van der Waals surface area contributed by atoms with Gasteiger partial charge in [-0.25, -0.2) is 4.98 Å². The first-order valence-electron chi connectivity index (χ1n) is 5.16. The van der Waals surface area contributed by atoms with E-state index >= 15 is 0 Å². The van der Waals surface area contributed by atoms with Crippen LogP contribution in [0, 0.1) is 5.92 Å². The van der Waals surface area contributed by atoms with Gasteiger partial charge in [-0.15, -0.1) is 0 Å². The standard InChI is InChI=1S/C11H15ClN2/c1-2-14(8-9-3-4-9)11-6-5-10(12)7-13-11/h5-7,9H,2-4,8H2,1H3. The maximum Gasteiger partial charge on any atom is 0.128 e. The maximum atomic E-state index is 5.80. The highest BCUT2D eigenvalue weighted by Gasteiger charge is 2.24. The normalized spacial score (nSPS) is 15.6. The second kappa shape index (κ2) is 4.18. The van der Waals surface area contributed by atoms with Crippen LogP contribution in [-0.2, 0) is 0 Å². The van der Waals surface area contributed by atoms with Crippen LogP contribution in [0.4, 0.5) is 5.82 Å². The molecule has 1 aliphatic rings. The van der Waals surface area contributed by atoms with Gasteiger partial charge >= 0.3 is 0 Å². The summed E-state index contributed by atoms with van der Waals surface area (Å²) in [5.41, 5.74) is 0. The van der Waals surface area contributed by atoms with Crippen molar-refractivity contribution in [3.63, 3.8) is 0 Å². The lowest BCUT2D eigenvalue weighted by atomic mass is 10.3. The Morgan fingerprint density at radius 3 is 2.79 bits per heavy atom. The van der Waals surface area contributed by atoms with Crippen molar-refractivity contribution in [3.05, 3.63) is 23.4 Å². The number of anilines is 1. The van der Waals surface area contributed by atoms with Gasteiger partial charge in [-0.3, -0.25) is 0 Å². The third kappa shape index (κ3) is 2.38. The van der Waals surface area contributed by atoms with Crippen LogP contribution in [0.3, 0.4) is 0 Å². The number of rotatable bonds is 4. The summed E-state index contributed by atoms with van der Waals surface area (Å²) in [6, 6.07) is 3.90. The topological polar surface area (TPSA) is 16.1 Å². The summed E-state index contributed by atoms with van der Waals surface area (Å²) < 4.78 is 0. The van der Waals surface area contributed by atoms with Gasteiger partial charge in [0.25, 0.3) is 0 Å². The Kier molecular flexibility index (Phi) is 2.92. The summed E-state index contributed by atoms with van der Waals surface area (Å²) in [5, 5.41) is 0.705. The van der Waals surface area contributed by atoms with Crippen molar-refractivity contribution in [2.24, 2.45) is 5.92 Å². The molecule has 0 unspecified atom stereocenters. The third-order valence-electron chi connectivity index (χ3n) is 2.59. The van der Waals surface area contributed by atoms with Gasteiger partial charge in [0.15, 0.2) is 0 Å². The van der Waals surface area contributed by atoms with Crippen molar-refractivity contribution in [2.75, 3.05) is 18.0 Å². The average Bonchev–Trinajstić information content (AvgIpc) is 3.00. The van der Waals surface area contributed by atoms with Crippen LogP contribution in [0.25, 0.3) is 0 Å². The Labute approximate surface area is 89.9 Å². The van der Waals surface area contributed by atoms with Gasteiger partial charge in [-0.05, 0) is 37.8 Å². The van der Waals surface area contributed by atoms with E-state index in [0.717, 1.165) is 24.8 Å². The smallest absolute Gasteiger partial charge is 0.128 e. The number of aromatic nitrogens is 1. The molecule has 1 heterocycles. The van der Waals surface area contributed by atoms with Crippen LogP contribution in [0.5, 0.6) is 0 Å². The molecule has 76 valence electrons. The number of hydrogen-bond acceptors (Lipinski definition) is 2. The number of pyridine rings is 1. The second-order valence-corrected chi connectivity index (χ2v) is 4.25. The monoisotopic (exact) mass is 210 g/mol. The van der Waals surface area contributed by atoms with Gasteiger partial charge in [0.05, 0.1) is 5.02 Å². The summed E-state index contributed by atoms with van der Waals surface area (Å²) in [6.07, 6.45) is 4.47. The molecule has 0 radical (unpaired) electrons. The zero-order valence-corrected chi connectivity index (χ0v) is 9.17. The summed E-state index contributed by atoms with van der Waals surface area (Å²) in [7, 11) is 0. The number of hydrogen-bond donors (Lipinski definition) is 0. The summed E-state index contributed by atoms with van der Waals surface area (Å²) in [6.45, 7) is 4.33. The zero-order chi connectivity index (χ0) is 9.97. The van der Waals surface area contributed by atoms with Crippen LogP contribution < -0.4 is 4.90 Å². The van der Waals surface area contributed by atoms with E-state index in [4.69, 9.17) is 11.6 Å². The lowest BCUT2D eigenvalue weighted by Crippen LogP contribution is -2.25. The molecule has 0 amide bonds. The highest BCUT2D eigenvalue weighted by atomic mass is 35.5. The first-order valence-corrected chi connectivity index (χ1v) is 5.54.